The predicted octanol–water partition coefficient (Wildman–Crippen LogP) is 2.26. The summed E-state index contributed by atoms with van der Waals surface area (Å²) in [5.74, 6) is 0. The van der Waals surface area contributed by atoms with Crippen LogP contribution in [-0.2, 0) is 0 Å². The van der Waals surface area contributed by atoms with E-state index >= 15 is 0 Å². The lowest BCUT2D eigenvalue weighted by Gasteiger charge is -2.00. The van der Waals surface area contributed by atoms with Gasteiger partial charge in [0.2, 0.25) is 0 Å². The average Bonchev–Trinajstić information content (AvgIpc) is 2.09. The van der Waals surface area contributed by atoms with Gasteiger partial charge in [-0.2, -0.15) is 0 Å². The van der Waals surface area contributed by atoms with Crippen molar-refractivity contribution in [2.24, 2.45) is 0 Å². The van der Waals surface area contributed by atoms with Crippen LogP contribution in [0.25, 0.3) is 5.57 Å². The van der Waals surface area contributed by atoms with Crippen LogP contribution in [0.2, 0.25) is 0 Å². The Morgan fingerprint density at radius 1 is 1.36 bits per heavy atom. The van der Waals surface area contributed by atoms with Gasteiger partial charge in [0.05, 0.1) is 6.61 Å². The fourth-order valence-corrected chi connectivity index (χ4v) is 1.04. The largest absolute Gasteiger partial charge is 0.392 e. The number of benzene rings is 1. The summed E-state index contributed by atoms with van der Waals surface area (Å²) in [5, 5.41) is 8.83. The van der Waals surface area contributed by atoms with E-state index in [2.05, 4.69) is 0 Å². The maximum Gasteiger partial charge on any atom is 0.0696 e. The van der Waals surface area contributed by atoms with E-state index in [1.54, 1.807) is 0 Å². The maximum absolute atomic E-state index is 8.83. The molecule has 0 radical (unpaired) electrons. The molecule has 0 spiro atoms. The summed E-state index contributed by atoms with van der Waals surface area (Å²) in [7, 11) is 0. The first-order chi connectivity index (χ1) is 5.38. The second-order valence-corrected chi connectivity index (χ2v) is 2.38. The zero-order chi connectivity index (χ0) is 8.10. The highest BCUT2D eigenvalue weighted by Gasteiger charge is 1.96. The van der Waals surface area contributed by atoms with Gasteiger partial charge in [-0.05, 0) is 11.1 Å². The van der Waals surface area contributed by atoms with Gasteiger partial charge in [-0.3, -0.25) is 0 Å². The lowest BCUT2D eigenvalue weighted by atomic mass is 10.1. The van der Waals surface area contributed by atoms with Crippen LogP contribution in [0.3, 0.4) is 0 Å². The first-order valence-electron chi connectivity index (χ1n) is 3.34. The molecule has 58 valence electrons. The van der Waals surface area contributed by atoms with Gasteiger partial charge in [0.15, 0.2) is 0 Å². The maximum atomic E-state index is 8.83. The Balaban J connectivity index is 2.92. The highest BCUT2D eigenvalue weighted by atomic mass is 35.5. The zero-order valence-electron chi connectivity index (χ0n) is 6.00. The molecule has 0 fully saturated rings. The van der Waals surface area contributed by atoms with Crippen molar-refractivity contribution in [2.75, 3.05) is 6.61 Å². The van der Waals surface area contributed by atoms with E-state index in [1.165, 1.54) is 5.54 Å². The van der Waals surface area contributed by atoms with Crippen LogP contribution in [0.5, 0.6) is 0 Å². The number of aliphatic hydroxyl groups excluding tert-OH is 1. The van der Waals surface area contributed by atoms with Gasteiger partial charge < -0.3 is 5.11 Å². The normalized spacial score (nSPS) is 11.6. The predicted molar refractivity (Wildman–Crippen MR) is 47.4 cm³/mol. The smallest absolute Gasteiger partial charge is 0.0696 e. The van der Waals surface area contributed by atoms with Gasteiger partial charge in [-0.1, -0.05) is 41.9 Å². The molecule has 0 bridgehead atoms. The zero-order valence-corrected chi connectivity index (χ0v) is 6.75. The monoisotopic (exact) mass is 168 g/mol. The second-order valence-electron chi connectivity index (χ2n) is 2.16. The molecule has 1 nitrogen and oxygen atoms in total. The lowest BCUT2D eigenvalue weighted by Crippen LogP contribution is -1.87. The Labute approximate surface area is 70.9 Å². The van der Waals surface area contributed by atoms with E-state index in [1.807, 2.05) is 30.3 Å². The van der Waals surface area contributed by atoms with Crippen molar-refractivity contribution in [3.05, 3.63) is 41.4 Å². The summed E-state index contributed by atoms with van der Waals surface area (Å²) < 4.78 is 0. The van der Waals surface area contributed by atoms with Gasteiger partial charge in [0, 0.05) is 5.54 Å². The summed E-state index contributed by atoms with van der Waals surface area (Å²) >= 11 is 5.48. The summed E-state index contributed by atoms with van der Waals surface area (Å²) in [6.07, 6.45) is 0. The van der Waals surface area contributed by atoms with Crippen LogP contribution >= 0.6 is 11.6 Å². The molecule has 0 atom stereocenters. The Kier molecular flexibility index (Phi) is 3.14. The number of hydrogen-bond acceptors (Lipinski definition) is 1. The molecule has 0 amide bonds. The van der Waals surface area contributed by atoms with Crippen molar-refractivity contribution < 1.29 is 5.11 Å². The van der Waals surface area contributed by atoms with Gasteiger partial charge in [-0.25, -0.2) is 0 Å². The molecule has 1 rings (SSSR count). The number of rotatable bonds is 2. The number of halogens is 1. The first kappa shape index (κ1) is 8.31. The third-order valence-electron chi connectivity index (χ3n) is 1.45. The van der Waals surface area contributed by atoms with Crippen molar-refractivity contribution in [2.45, 2.75) is 0 Å². The van der Waals surface area contributed by atoms with Gasteiger partial charge in [0.25, 0.3) is 0 Å². The SMILES string of the molecule is OC/C(=C/Cl)c1ccccc1. The van der Waals surface area contributed by atoms with E-state index in [-0.39, 0.29) is 6.61 Å². The average molecular weight is 169 g/mol. The van der Waals surface area contributed by atoms with E-state index in [4.69, 9.17) is 16.7 Å². The molecular weight excluding hydrogens is 160 g/mol. The van der Waals surface area contributed by atoms with E-state index < -0.39 is 0 Å². The number of aliphatic hydroxyl groups is 1. The van der Waals surface area contributed by atoms with Crippen molar-refractivity contribution in [1.29, 1.82) is 0 Å². The molecule has 0 aliphatic carbocycles. The molecule has 0 saturated heterocycles. The molecule has 0 heterocycles. The summed E-state index contributed by atoms with van der Waals surface area (Å²) in [4.78, 5) is 0. The topological polar surface area (TPSA) is 20.2 Å². The molecule has 1 aromatic rings. The standard InChI is InChI=1S/C9H9ClO/c10-6-9(7-11)8-4-2-1-3-5-8/h1-6,11H,7H2/b9-6-. The Morgan fingerprint density at radius 3 is 2.45 bits per heavy atom. The molecule has 0 saturated carbocycles. The van der Waals surface area contributed by atoms with E-state index in [9.17, 15) is 0 Å². The summed E-state index contributed by atoms with van der Waals surface area (Å²) in [6, 6.07) is 9.55. The molecule has 0 aliphatic heterocycles. The van der Waals surface area contributed by atoms with Crippen LogP contribution in [0.15, 0.2) is 35.9 Å². The highest BCUT2D eigenvalue weighted by Crippen LogP contribution is 2.13. The molecule has 2 heteroatoms. The number of hydrogen-bond donors (Lipinski definition) is 1. The fraction of sp³-hybridized carbons (Fsp3) is 0.111. The van der Waals surface area contributed by atoms with E-state index in [0.717, 1.165) is 11.1 Å². The third kappa shape index (κ3) is 2.07. The first-order valence-corrected chi connectivity index (χ1v) is 3.77. The van der Waals surface area contributed by atoms with Crippen LogP contribution in [0.1, 0.15) is 5.56 Å². The van der Waals surface area contributed by atoms with Gasteiger partial charge in [0.1, 0.15) is 0 Å². The fourth-order valence-electron chi connectivity index (χ4n) is 0.841. The molecule has 1 N–H and O–H groups in total. The van der Waals surface area contributed by atoms with Crippen molar-refractivity contribution >= 4 is 17.2 Å². The van der Waals surface area contributed by atoms with Crippen molar-refractivity contribution in [3.63, 3.8) is 0 Å². The van der Waals surface area contributed by atoms with Crippen molar-refractivity contribution in [1.82, 2.24) is 0 Å². The molecule has 0 aliphatic rings. The third-order valence-corrected chi connectivity index (χ3v) is 1.71. The molecular formula is C9H9ClO. The highest BCUT2D eigenvalue weighted by molar-refractivity contribution is 6.28. The second kappa shape index (κ2) is 4.16. The Hall–Kier alpha value is -0.790. The molecule has 0 aromatic heterocycles. The Morgan fingerprint density at radius 2 is 2.00 bits per heavy atom. The van der Waals surface area contributed by atoms with Crippen LogP contribution < -0.4 is 0 Å². The Bertz CT molecular complexity index is 241. The van der Waals surface area contributed by atoms with Crippen LogP contribution in [0.4, 0.5) is 0 Å². The summed E-state index contributed by atoms with van der Waals surface area (Å²) in [6.45, 7) is -0.0203. The molecule has 1 aromatic carbocycles. The lowest BCUT2D eigenvalue weighted by molar-refractivity contribution is 0.350. The summed E-state index contributed by atoms with van der Waals surface area (Å²) in [5.41, 5.74) is 3.10. The van der Waals surface area contributed by atoms with Crippen LogP contribution in [0, 0.1) is 0 Å². The molecule has 0 unspecified atom stereocenters. The minimum Gasteiger partial charge on any atom is -0.392 e. The molecule has 11 heavy (non-hydrogen) atoms. The quantitative estimate of drug-likeness (QED) is 0.718. The van der Waals surface area contributed by atoms with Crippen molar-refractivity contribution in [3.8, 4) is 0 Å². The van der Waals surface area contributed by atoms with Gasteiger partial charge >= 0.3 is 0 Å². The van der Waals surface area contributed by atoms with Crippen LogP contribution in [-0.4, -0.2) is 11.7 Å². The minimum atomic E-state index is -0.0203. The van der Waals surface area contributed by atoms with Gasteiger partial charge in [-0.15, -0.1) is 0 Å². The van der Waals surface area contributed by atoms with E-state index in [0.29, 0.717) is 0 Å². The minimum absolute atomic E-state index is 0.0203.